The number of carbonyl (C=O) groups excluding carboxylic acids is 1. The minimum atomic E-state index is 0.0819. The molecule has 0 saturated carbocycles. The third-order valence-electron chi connectivity index (χ3n) is 1.25. The standard InChI is InChI=1S/C10H10OS/c1-9(11)7-8-12-10-5-3-2-4-6-10/h2-8H,1H3/b8-7+. The van der Waals surface area contributed by atoms with Crippen molar-refractivity contribution in [3.63, 3.8) is 0 Å². The molecule has 1 nitrogen and oxygen atoms in total. The SMILES string of the molecule is CC(=O)/C=C/Sc1ccccc1. The highest BCUT2D eigenvalue weighted by atomic mass is 32.2. The summed E-state index contributed by atoms with van der Waals surface area (Å²) in [5.74, 6) is 0.0819. The molecule has 0 bridgehead atoms. The molecule has 0 atom stereocenters. The number of carbonyl (C=O) groups is 1. The molecule has 0 N–H and O–H groups in total. The lowest BCUT2D eigenvalue weighted by molar-refractivity contribution is -0.112. The predicted octanol–water partition coefficient (Wildman–Crippen LogP) is 2.88. The minimum Gasteiger partial charge on any atom is -0.295 e. The number of hydrogen-bond acceptors (Lipinski definition) is 2. The van der Waals surface area contributed by atoms with Crippen molar-refractivity contribution in [2.24, 2.45) is 0 Å². The van der Waals surface area contributed by atoms with Gasteiger partial charge in [0.1, 0.15) is 0 Å². The molecule has 0 radical (unpaired) electrons. The predicted molar refractivity (Wildman–Crippen MR) is 52.1 cm³/mol. The Morgan fingerprint density at radius 3 is 2.58 bits per heavy atom. The van der Waals surface area contributed by atoms with Gasteiger partial charge in [0, 0.05) is 4.90 Å². The average molecular weight is 178 g/mol. The van der Waals surface area contributed by atoms with Crippen LogP contribution in [0.3, 0.4) is 0 Å². The van der Waals surface area contributed by atoms with Crippen LogP contribution in [0.25, 0.3) is 0 Å². The second-order valence-electron chi connectivity index (χ2n) is 2.34. The maximum atomic E-state index is 10.5. The zero-order valence-electron chi connectivity index (χ0n) is 6.86. The van der Waals surface area contributed by atoms with Crippen molar-refractivity contribution in [1.29, 1.82) is 0 Å². The first-order valence-corrected chi connectivity index (χ1v) is 4.56. The lowest BCUT2D eigenvalue weighted by atomic mass is 10.4. The largest absolute Gasteiger partial charge is 0.295 e. The Bertz CT molecular complexity index is 277. The Morgan fingerprint density at radius 2 is 2.00 bits per heavy atom. The molecule has 1 aromatic rings. The van der Waals surface area contributed by atoms with Crippen molar-refractivity contribution in [2.45, 2.75) is 11.8 Å². The van der Waals surface area contributed by atoms with Gasteiger partial charge in [0.25, 0.3) is 0 Å². The van der Waals surface area contributed by atoms with Crippen LogP contribution in [-0.2, 0) is 4.79 Å². The van der Waals surface area contributed by atoms with Crippen molar-refractivity contribution < 1.29 is 4.79 Å². The molecular formula is C10H10OS. The molecule has 1 rings (SSSR count). The van der Waals surface area contributed by atoms with Crippen molar-refractivity contribution in [3.8, 4) is 0 Å². The number of hydrogen-bond donors (Lipinski definition) is 0. The fraction of sp³-hybridized carbons (Fsp3) is 0.100. The van der Waals surface area contributed by atoms with E-state index >= 15 is 0 Å². The molecule has 0 aliphatic heterocycles. The molecule has 1 aromatic carbocycles. The summed E-state index contributed by atoms with van der Waals surface area (Å²) in [4.78, 5) is 11.7. The van der Waals surface area contributed by atoms with Crippen LogP contribution in [0.2, 0.25) is 0 Å². The molecule has 0 aliphatic carbocycles. The summed E-state index contributed by atoms with van der Waals surface area (Å²) in [5, 5.41) is 1.80. The maximum absolute atomic E-state index is 10.5. The zero-order chi connectivity index (χ0) is 8.81. The van der Waals surface area contributed by atoms with Gasteiger partial charge < -0.3 is 0 Å². The van der Waals surface area contributed by atoms with Gasteiger partial charge in [0.2, 0.25) is 0 Å². The number of benzene rings is 1. The highest BCUT2D eigenvalue weighted by Crippen LogP contribution is 2.17. The van der Waals surface area contributed by atoms with E-state index in [2.05, 4.69) is 0 Å². The van der Waals surface area contributed by atoms with E-state index in [1.165, 1.54) is 0 Å². The molecule has 0 fully saturated rings. The molecule has 2 heteroatoms. The van der Waals surface area contributed by atoms with Crippen molar-refractivity contribution >= 4 is 17.5 Å². The summed E-state index contributed by atoms with van der Waals surface area (Å²) in [7, 11) is 0. The van der Waals surface area contributed by atoms with E-state index < -0.39 is 0 Å². The first-order chi connectivity index (χ1) is 5.79. The smallest absolute Gasteiger partial charge is 0.153 e. The minimum absolute atomic E-state index is 0.0819. The molecule has 0 heterocycles. The van der Waals surface area contributed by atoms with Crippen LogP contribution in [0, 0.1) is 0 Å². The van der Waals surface area contributed by atoms with Crippen LogP contribution in [0.5, 0.6) is 0 Å². The first-order valence-electron chi connectivity index (χ1n) is 3.68. The second-order valence-corrected chi connectivity index (χ2v) is 3.32. The van der Waals surface area contributed by atoms with Crippen LogP contribution in [0.15, 0.2) is 46.7 Å². The molecule has 0 saturated heterocycles. The summed E-state index contributed by atoms with van der Waals surface area (Å²) < 4.78 is 0. The Labute approximate surface area is 76.5 Å². The molecule has 62 valence electrons. The van der Waals surface area contributed by atoms with E-state index in [9.17, 15) is 4.79 Å². The highest BCUT2D eigenvalue weighted by molar-refractivity contribution is 8.02. The van der Waals surface area contributed by atoms with Gasteiger partial charge in [-0.3, -0.25) is 4.79 Å². The Balaban J connectivity index is 2.49. The quantitative estimate of drug-likeness (QED) is 0.523. The second kappa shape index (κ2) is 4.78. The lowest BCUT2D eigenvalue weighted by Gasteiger charge is -1.92. The third kappa shape index (κ3) is 3.39. The monoisotopic (exact) mass is 178 g/mol. The topological polar surface area (TPSA) is 17.1 Å². The number of rotatable bonds is 3. The normalized spacial score (nSPS) is 10.4. The van der Waals surface area contributed by atoms with Crippen molar-refractivity contribution in [1.82, 2.24) is 0 Å². The first kappa shape index (κ1) is 9.07. The fourth-order valence-electron chi connectivity index (χ4n) is 0.707. The summed E-state index contributed by atoms with van der Waals surface area (Å²) in [6.07, 6.45) is 1.57. The van der Waals surface area contributed by atoms with E-state index in [-0.39, 0.29) is 5.78 Å². The van der Waals surface area contributed by atoms with Gasteiger partial charge in [-0.05, 0) is 30.5 Å². The lowest BCUT2D eigenvalue weighted by Crippen LogP contribution is -1.77. The molecule has 0 aromatic heterocycles. The van der Waals surface area contributed by atoms with Gasteiger partial charge >= 0.3 is 0 Å². The van der Waals surface area contributed by atoms with E-state index in [1.54, 1.807) is 30.2 Å². The average Bonchev–Trinajstić information content (AvgIpc) is 2.05. The highest BCUT2D eigenvalue weighted by Gasteiger charge is 1.86. The van der Waals surface area contributed by atoms with Crippen LogP contribution in [0.4, 0.5) is 0 Å². The summed E-state index contributed by atoms with van der Waals surface area (Å²) >= 11 is 1.55. The molecule has 0 unspecified atom stereocenters. The van der Waals surface area contributed by atoms with Gasteiger partial charge in [-0.15, -0.1) is 0 Å². The zero-order valence-corrected chi connectivity index (χ0v) is 7.67. The molecule has 0 aliphatic rings. The fourth-order valence-corrected chi connectivity index (χ4v) is 1.44. The maximum Gasteiger partial charge on any atom is 0.153 e. The number of allylic oxidation sites excluding steroid dienone is 1. The third-order valence-corrected chi connectivity index (χ3v) is 2.07. The summed E-state index contributed by atoms with van der Waals surface area (Å²) in [5.41, 5.74) is 0. The van der Waals surface area contributed by atoms with E-state index in [0.717, 1.165) is 4.90 Å². The van der Waals surface area contributed by atoms with Gasteiger partial charge in [-0.25, -0.2) is 0 Å². The van der Waals surface area contributed by atoms with Crippen molar-refractivity contribution in [2.75, 3.05) is 0 Å². The Kier molecular flexibility index (Phi) is 3.61. The van der Waals surface area contributed by atoms with Gasteiger partial charge in [-0.2, -0.15) is 0 Å². The van der Waals surface area contributed by atoms with E-state index in [1.807, 2.05) is 30.3 Å². The van der Waals surface area contributed by atoms with Crippen LogP contribution in [0.1, 0.15) is 6.92 Å². The number of thioether (sulfide) groups is 1. The van der Waals surface area contributed by atoms with Gasteiger partial charge in [0.15, 0.2) is 5.78 Å². The summed E-state index contributed by atoms with van der Waals surface area (Å²) in [6, 6.07) is 9.94. The van der Waals surface area contributed by atoms with Crippen LogP contribution in [-0.4, -0.2) is 5.78 Å². The summed E-state index contributed by atoms with van der Waals surface area (Å²) in [6.45, 7) is 1.54. The van der Waals surface area contributed by atoms with E-state index in [0.29, 0.717) is 0 Å². The molecular weight excluding hydrogens is 168 g/mol. The van der Waals surface area contributed by atoms with Gasteiger partial charge in [0.05, 0.1) is 0 Å². The number of ketones is 1. The molecule has 0 amide bonds. The Morgan fingerprint density at radius 1 is 1.33 bits per heavy atom. The molecule has 12 heavy (non-hydrogen) atoms. The van der Waals surface area contributed by atoms with E-state index in [4.69, 9.17) is 0 Å². The Hall–Kier alpha value is -1.02. The van der Waals surface area contributed by atoms with Crippen LogP contribution < -0.4 is 0 Å². The molecule has 0 spiro atoms. The van der Waals surface area contributed by atoms with Crippen molar-refractivity contribution in [3.05, 3.63) is 41.8 Å². The van der Waals surface area contributed by atoms with Crippen LogP contribution >= 0.6 is 11.8 Å². The van der Waals surface area contributed by atoms with Gasteiger partial charge in [-0.1, -0.05) is 30.0 Å².